The average molecular weight is 239 g/mol. The highest BCUT2D eigenvalue weighted by molar-refractivity contribution is 7.13. The van der Waals surface area contributed by atoms with E-state index in [1.807, 2.05) is 20.8 Å². The molecule has 1 heterocycles. The van der Waals surface area contributed by atoms with Crippen LogP contribution in [0.5, 0.6) is 0 Å². The van der Waals surface area contributed by atoms with E-state index in [2.05, 4.69) is 4.98 Å². The smallest absolute Gasteiger partial charge is 0.347 e. The first-order valence-electron chi connectivity index (χ1n) is 5.64. The van der Waals surface area contributed by atoms with Crippen molar-refractivity contribution in [3.05, 3.63) is 15.6 Å². The van der Waals surface area contributed by atoms with Crippen molar-refractivity contribution < 1.29 is 9.90 Å². The lowest BCUT2D eigenvalue weighted by molar-refractivity contribution is 0.0699. The van der Waals surface area contributed by atoms with E-state index in [4.69, 9.17) is 0 Å². The maximum Gasteiger partial charge on any atom is 0.347 e. The van der Waals surface area contributed by atoms with Crippen LogP contribution < -0.4 is 0 Å². The van der Waals surface area contributed by atoms with E-state index in [-0.39, 0.29) is 5.41 Å². The quantitative estimate of drug-likeness (QED) is 0.860. The summed E-state index contributed by atoms with van der Waals surface area (Å²) in [5, 5.41) is 10.2. The van der Waals surface area contributed by atoms with Crippen LogP contribution in [0.1, 0.15) is 66.3 Å². The first-order chi connectivity index (χ1) is 7.39. The third-order valence-corrected chi connectivity index (χ3v) is 4.21. The van der Waals surface area contributed by atoms with Gasteiger partial charge in [-0.05, 0) is 12.8 Å². The van der Waals surface area contributed by atoms with Crippen molar-refractivity contribution in [1.82, 2.24) is 4.98 Å². The maximum absolute atomic E-state index is 11.2. The lowest BCUT2D eigenvalue weighted by Gasteiger charge is -2.23. The number of nitrogens with zero attached hydrogens (tertiary/aromatic N) is 1. The second kappa shape index (κ2) is 3.84. The fraction of sp³-hybridized carbons (Fsp3) is 0.667. The van der Waals surface area contributed by atoms with Crippen LogP contribution in [0.3, 0.4) is 0 Å². The summed E-state index contributed by atoms with van der Waals surface area (Å²) in [4.78, 5) is 16.2. The van der Waals surface area contributed by atoms with Crippen molar-refractivity contribution in [2.24, 2.45) is 0 Å². The number of carboxylic acids is 1. The molecule has 2 rings (SSSR count). The summed E-state index contributed by atoms with van der Waals surface area (Å²) in [6.07, 6.45) is 3.57. The van der Waals surface area contributed by atoms with Gasteiger partial charge in [0.2, 0.25) is 0 Å². The van der Waals surface area contributed by atoms with Crippen LogP contribution in [0.4, 0.5) is 0 Å². The van der Waals surface area contributed by atoms with E-state index in [1.54, 1.807) is 0 Å². The minimum atomic E-state index is -0.840. The summed E-state index contributed by atoms with van der Waals surface area (Å²) in [7, 11) is 0. The lowest BCUT2D eigenvalue weighted by Crippen LogP contribution is -2.16. The number of rotatable bonds is 2. The second-order valence-electron chi connectivity index (χ2n) is 5.41. The zero-order valence-electron chi connectivity index (χ0n) is 9.91. The van der Waals surface area contributed by atoms with Gasteiger partial charge in [0.05, 0.1) is 10.7 Å². The highest BCUT2D eigenvalue weighted by Gasteiger charge is 2.30. The van der Waals surface area contributed by atoms with Gasteiger partial charge in [-0.1, -0.05) is 27.2 Å². The Hall–Kier alpha value is -0.900. The Balaban J connectivity index is 2.41. The first-order valence-corrected chi connectivity index (χ1v) is 6.45. The molecule has 4 heteroatoms. The average Bonchev–Trinajstić information content (AvgIpc) is 2.44. The molecule has 0 bridgehead atoms. The minimum absolute atomic E-state index is 0.188. The van der Waals surface area contributed by atoms with Crippen LogP contribution in [-0.2, 0) is 5.41 Å². The van der Waals surface area contributed by atoms with Crippen LogP contribution in [0.25, 0.3) is 0 Å². The van der Waals surface area contributed by atoms with Gasteiger partial charge in [0.1, 0.15) is 4.88 Å². The van der Waals surface area contributed by atoms with Gasteiger partial charge in [0, 0.05) is 11.3 Å². The maximum atomic E-state index is 11.2. The monoisotopic (exact) mass is 239 g/mol. The predicted octanol–water partition coefficient (Wildman–Crippen LogP) is 3.41. The van der Waals surface area contributed by atoms with Gasteiger partial charge < -0.3 is 5.11 Å². The lowest BCUT2D eigenvalue weighted by atomic mass is 9.86. The summed E-state index contributed by atoms with van der Waals surface area (Å²) in [5.41, 5.74) is 0.554. The molecular formula is C12H17NO2S. The third kappa shape index (κ3) is 1.98. The number of aromatic carboxylic acids is 1. The van der Waals surface area contributed by atoms with E-state index in [0.29, 0.717) is 10.8 Å². The number of carboxylic acid groups (broad SMARTS) is 1. The van der Waals surface area contributed by atoms with E-state index in [9.17, 15) is 9.90 Å². The van der Waals surface area contributed by atoms with E-state index in [0.717, 1.165) is 23.5 Å². The van der Waals surface area contributed by atoms with Gasteiger partial charge in [-0.15, -0.1) is 11.3 Å². The zero-order chi connectivity index (χ0) is 11.9. The normalized spacial score (nSPS) is 17.2. The molecular weight excluding hydrogens is 222 g/mol. The molecule has 1 aromatic rings. The summed E-state index contributed by atoms with van der Waals surface area (Å²) >= 11 is 1.37. The molecule has 0 unspecified atom stereocenters. The van der Waals surface area contributed by atoms with Crippen molar-refractivity contribution in [2.75, 3.05) is 0 Å². The Morgan fingerprint density at radius 1 is 1.44 bits per heavy atom. The van der Waals surface area contributed by atoms with Crippen molar-refractivity contribution in [2.45, 2.75) is 51.4 Å². The molecule has 0 aliphatic heterocycles. The Bertz CT molecular complexity index is 413. The summed E-state index contributed by atoms with van der Waals surface area (Å²) in [5.74, 6) is -0.327. The van der Waals surface area contributed by atoms with Crippen molar-refractivity contribution in [3.63, 3.8) is 0 Å². The molecule has 0 atom stereocenters. The molecule has 1 aliphatic carbocycles. The molecule has 1 saturated carbocycles. The molecule has 1 fully saturated rings. The molecule has 0 amide bonds. The molecule has 0 aromatic carbocycles. The topological polar surface area (TPSA) is 50.2 Å². The predicted molar refractivity (Wildman–Crippen MR) is 64.4 cm³/mol. The van der Waals surface area contributed by atoms with E-state index < -0.39 is 5.97 Å². The molecule has 88 valence electrons. The van der Waals surface area contributed by atoms with Crippen LogP contribution >= 0.6 is 11.3 Å². The number of hydrogen-bond donors (Lipinski definition) is 1. The van der Waals surface area contributed by atoms with Crippen LogP contribution in [0, 0.1) is 0 Å². The summed E-state index contributed by atoms with van der Waals surface area (Å²) in [6, 6.07) is 0. The van der Waals surface area contributed by atoms with Crippen LogP contribution in [0.2, 0.25) is 0 Å². The fourth-order valence-corrected chi connectivity index (χ4v) is 3.10. The van der Waals surface area contributed by atoms with Crippen molar-refractivity contribution in [1.29, 1.82) is 0 Å². The SMILES string of the molecule is CC(C)(C)c1nc(C2CCC2)sc1C(=O)O. The van der Waals surface area contributed by atoms with Crippen molar-refractivity contribution >= 4 is 17.3 Å². The number of thiazole rings is 1. The standard InChI is InChI=1S/C12H17NO2S/c1-12(2,3)9-8(11(14)15)16-10(13-9)7-5-4-6-7/h7H,4-6H2,1-3H3,(H,14,15). The highest BCUT2D eigenvalue weighted by Crippen LogP contribution is 2.41. The number of hydrogen-bond acceptors (Lipinski definition) is 3. The molecule has 0 saturated heterocycles. The van der Waals surface area contributed by atoms with Gasteiger partial charge in [-0.3, -0.25) is 0 Å². The Morgan fingerprint density at radius 3 is 2.38 bits per heavy atom. The zero-order valence-corrected chi connectivity index (χ0v) is 10.7. The summed E-state index contributed by atoms with van der Waals surface area (Å²) in [6.45, 7) is 6.04. The fourth-order valence-electron chi connectivity index (χ4n) is 1.82. The third-order valence-electron chi connectivity index (χ3n) is 3.00. The molecule has 0 spiro atoms. The molecule has 0 radical (unpaired) electrons. The minimum Gasteiger partial charge on any atom is -0.477 e. The van der Waals surface area contributed by atoms with E-state index >= 15 is 0 Å². The Labute approximate surface area is 99.5 Å². The summed E-state index contributed by atoms with van der Waals surface area (Å²) < 4.78 is 0. The molecule has 1 aliphatic rings. The van der Waals surface area contributed by atoms with Gasteiger partial charge in [0.25, 0.3) is 0 Å². The molecule has 1 aromatic heterocycles. The number of carbonyl (C=O) groups is 1. The van der Waals surface area contributed by atoms with Gasteiger partial charge in [-0.25, -0.2) is 9.78 Å². The Morgan fingerprint density at radius 2 is 2.06 bits per heavy atom. The van der Waals surface area contributed by atoms with Crippen molar-refractivity contribution in [3.8, 4) is 0 Å². The van der Waals surface area contributed by atoms with Gasteiger partial charge >= 0.3 is 5.97 Å². The first kappa shape index (κ1) is 11.6. The molecule has 1 N–H and O–H groups in total. The van der Waals surface area contributed by atoms with Gasteiger partial charge in [-0.2, -0.15) is 0 Å². The largest absolute Gasteiger partial charge is 0.477 e. The van der Waals surface area contributed by atoms with E-state index in [1.165, 1.54) is 17.8 Å². The second-order valence-corrected chi connectivity index (χ2v) is 6.44. The highest BCUT2D eigenvalue weighted by atomic mass is 32.1. The Kier molecular flexibility index (Phi) is 2.78. The van der Waals surface area contributed by atoms with Crippen LogP contribution in [-0.4, -0.2) is 16.1 Å². The molecule has 16 heavy (non-hydrogen) atoms. The molecule has 3 nitrogen and oxygen atoms in total. The van der Waals surface area contributed by atoms with Crippen LogP contribution in [0.15, 0.2) is 0 Å². The number of aromatic nitrogens is 1. The van der Waals surface area contributed by atoms with Gasteiger partial charge in [0.15, 0.2) is 0 Å².